The van der Waals surface area contributed by atoms with Gasteiger partial charge in [0.1, 0.15) is 5.82 Å². The molecular weight excluding hydrogens is 525 g/mol. The van der Waals surface area contributed by atoms with E-state index in [4.69, 9.17) is 28.2 Å². The molecule has 4 nitrogen and oxygen atoms in total. The number of hydrogen-bond donors (Lipinski definition) is 0. The topological polar surface area (TPSA) is 38.1 Å². The summed E-state index contributed by atoms with van der Waals surface area (Å²) in [4.78, 5) is 20.7. The molecule has 39 heavy (non-hydrogen) atoms. The van der Waals surface area contributed by atoms with Gasteiger partial charge in [-0.05, 0) is 47.7 Å². The third-order valence-electron chi connectivity index (χ3n) is 7.32. The number of aromatic nitrogens is 2. The van der Waals surface area contributed by atoms with Gasteiger partial charge >= 0.3 is 0 Å². The zero-order valence-electron chi connectivity index (χ0n) is 21.3. The minimum Gasteiger partial charge on any atom is -0.328 e. The van der Waals surface area contributed by atoms with Crippen LogP contribution in [0.4, 0.5) is 0 Å². The summed E-state index contributed by atoms with van der Waals surface area (Å²) >= 11 is 12.8. The zero-order chi connectivity index (χ0) is 26.8. The fourth-order valence-electron chi connectivity index (χ4n) is 5.47. The predicted octanol–water partition coefficient (Wildman–Crippen LogP) is 8.04. The van der Waals surface area contributed by atoms with Crippen molar-refractivity contribution in [2.45, 2.75) is 32.0 Å². The van der Waals surface area contributed by atoms with Gasteiger partial charge in [0.15, 0.2) is 0 Å². The number of rotatable bonds is 7. The summed E-state index contributed by atoms with van der Waals surface area (Å²) in [5.74, 6) is 0.742. The van der Waals surface area contributed by atoms with E-state index in [1.165, 1.54) is 11.1 Å². The number of imidazole rings is 1. The van der Waals surface area contributed by atoms with Gasteiger partial charge < -0.3 is 9.47 Å². The summed E-state index contributed by atoms with van der Waals surface area (Å²) in [5.41, 5.74) is 6.19. The third kappa shape index (κ3) is 5.36. The second-order valence-electron chi connectivity index (χ2n) is 9.91. The second-order valence-corrected chi connectivity index (χ2v) is 10.8. The van der Waals surface area contributed by atoms with E-state index in [2.05, 4.69) is 41.0 Å². The molecule has 4 aromatic carbocycles. The van der Waals surface area contributed by atoms with E-state index in [0.717, 1.165) is 35.5 Å². The van der Waals surface area contributed by atoms with Crippen LogP contribution in [0, 0.1) is 0 Å². The first-order chi connectivity index (χ1) is 19.1. The first-order valence-corrected chi connectivity index (χ1v) is 13.8. The highest BCUT2D eigenvalue weighted by Gasteiger charge is 2.29. The van der Waals surface area contributed by atoms with Crippen LogP contribution in [-0.4, -0.2) is 20.4 Å². The minimum absolute atomic E-state index is 0.171. The van der Waals surface area contributed by atoms with Gasteiger partial charge in [-0.25, -0.2) is 4.98 Å². The molecule has 194 valence electrons. The number of fused-ring (bicyclic) bond motifs is 1. The van der Waals surface area contributed by atoms with Gasteiger partial charge in [0.2, 0.25) is 0 Å². The van der Waals surface area contributed by atoms with Gasteiger partial charge in [0.05, 0.1) is 29.0 Å². The van der Waals surface area contributed by atoms with Crippen molar-refractivity contribution in [2.24, 2.45) is 0 Å². The SMILES string of the molecule is O=C(c1cc(Cl)ccc1Cl)N(Cc1ccccc1)Cc1cnc(-c2ccccc2)n1C1Cc2ccccc2C1. The molecule has 6 rings (SSSR count). The predicted molar refractivity (Wildman–Crippen MR) is 157 cm³/mol. The molecule has 0 atom stereocenters. The molecule has 0 saturated heterocycles. The van der Waals surface area contributed by atoms with Crippen LogP contribution in [0.15, 0.2) is 109 Å². The summed E-state index contributed by atoms with van der Waals surface area (Å²) in [7, 11) is 0. The molecule has 0 unspecified atom stereocenters. The van der Waals surface area contributed by atoms with E-state index in [1.807, 2.05) is 59.6 Å². The normalized spacial score (nSPS) is 12.9. The van der Waals surface area contributed by atoms with Crippen molar-refractivity contribution in [3.05, 3.63) is 147 Å². The lowest BCUT2D eigenvalue weighted by Crippen LogP contribution is -2.32. The van der Waals surface area contributed by atoms with Crippen LogP contribution in [0.25, 0.3) is 11.4 Å². The van der Waals surface area contributed by atoms with Crippen molar-refractivity contribution in [2.75, 3.05) is 0 Å². The highest BCUT2D eigenvalue weighted by molar-refractivity contribution is 6.35. The summed E-state index contributed by atoms with van der Waals surface area (Å²) in [6.45, 7) is 0.808. The van der Waals surface area contributed by atoms with E-state index in [-0.39, 0.29) is 11.9 Å². The Labute approximate surface area is 238 Å². The van der Waals surface area contributed by atoms with Crippen molar-refractivity contribution < 1.29 is 4.79 Å². The van der Waals surface area contributed by atoms with Gasteiger partial charge in [-0.2, -0.15) is 0 Å². The molecule has 1 aliphatic carbocycles. The Hall–Kier alpha value is -3.86. The third-order valence-corrected chi connectivity index (χ3v) is 7.88. The van der Waals surface area contributed by atoms with Gasteiger partial charge in [0, 0.05) is 23.2 Å². The monoisotopic (exact) mass is 551 g/mol. The molecule has 0 aliphatic heterocycles. The summed E-state index contributed by atoms with van der Waals surface area (Å²) in [5, 5.41) is 0.856. The fourth-order valence-corrected chi connectivity index (χ4v) is 5.84. The Kier molecular flexibility index (Phi) is 7.23. The van der Waals surface area contributed by atoms with Gasteiger partial charge in [-0.1, -0.05) is 108 Å². The van der Waals surface area contributed by atoms with E-state index in [0.29, 0.717) is 28.7 Å². The molecule has 0 fully saturated rings. The van der Waals surface area contributed by atoms with E-state index >= 15 is 0 Å². The Bertz CT molecular complexity index is 1590. The van der Waals surface area contributed by atoms with Gasteiger partial charge in [0.25, 0.3) is 5.91 Å². The number of carbonyl (C=O) groups is 1. The first-order valence-electron chi connectivity index (χ1n) is 13.0. The Morgan fingerprint density at radius 3 is 2.15 bits per heavy atom. The smallest absolute Gasteiger partial charge is 0.256 e. The van der Waals surface area contributed by atoms with Crippen LogP contribution in [0.5, 0.6) is 0 Å². The standard InChI is InChI=1S/C33H27Cl2N3O/c34-27-15-16-31(35)30(19-27)33(39)37(21-23-9-3-1-4-10-23)22-29-20-36-32(24-11-5-2-6-12-24)38(29)28-17-25-13-7-8-14-26(25)18-28/h1-16,19-20,28H,17-18,21-22H2. The maximum absolute atomic E-state index is 14.0. The van der Waals surface area contributed by atoms with E-state index in [1.54, 1.807) is 18.2 Å². The maximum Gasteiger partial charge on any atom is 0.256 e. The number of nitrogens with zero attached hydrogens (tertiary/aromatic N) is 3. The molecule has 0 radical (unpaired) electrons. The number of benzene rings is 4. The highest BCUT2D eigenvalue weighted by atomic mass is 35.5. The fraction of sp³-hybridized carbons (Fsp3) is 0.152. The van der Waals surface area contributed by atoms with Crippen molar-refractivity contribution in [3.63, 3.8) is 0 Å². The quantitative estimate of drug-likeness (QED) is 0.205. The van der Waals surface area contributed by atoms with E-state index < -0.39 is 0 Å². The van der Waals surface area contributed by atoms with Crippen LogP contribution < -0.4 is 0 Å². The molecule has 0 spiro atoms. The molecular formula is C33H27Cl2N3O. The number of hydrogen-bond acceptors (Lipinski definition) is 2. The average molecular weight is 553 g/mol. The van der Waals surface area contributed by atoms with Crippen molar-refractivity contribution in [1.82, 2.24) is 14.5 Å². The molecule has 1 aromatic heterocycles. The molecule has 0 saturated carbocycles. The largest absolute Gasteiger partial charge is 0.328 e. The highest BCUT2D eigenvalue weighted by Crippen LogP contribution is 2.35. The average Bonchev–Trinajstić information content (AvgIpc) is 3.58. The van der Waals surface area contributed by atoms with Crippen LogP contribution in [0.2, 0.25) is 10.0 Å². The number of amides is 1. The van der Waals surface area contributed by atoms with Crippen molar-refractivity contribution in [1.29, 1.82) is 0 Å². The Morgan fingerprint density at radius 2 is 1.46 bits per heavy atom. The molecule has 6 heteroatoms. The second kappa shape index (κ2) is 11.1. The zero-order valence-corrected chi connectivity index (χ0v) is 22.8. The lowest BCUT2D eigenvalue weighted by atomic mass is 10.1. The van der Waals surface area contributed by atoms with E-state index in [9.17, 15) is 4.79 Å². The minimum atomic E-state index is -0.171. The number of halogens is 2. The first kappa shape index (κ1) is 25.4. The molecule has 1 heterocycles. The number of carbonyl (C=O) groups excluding carboxylic acids is 1. The van der Waals surface area contributed by atoms with Crippen LogP contribution in [-0.2, 0) is 25.9 Å². The summed E-state index contributed by atoms with van der Waals surface area (Å²) < 4.78 is 2.33. The van der Waals surface area contributed by atoms with Crippen molar-refractivity contribution in [3.8, 4) is 11.4 Å². The molecule has 0 bridgehead atoms. The molecule has 1 aliphatic rings. The van der Waals surface area contributed by atoms with Gasteiger partial charge in [-0.15, -0.1) is 0 Å². The van der Waals surface area contributed by atoms with Crippen LogP contribution in [0.1, 0.15) is 38.8 Å². The van der Waals surface area contributed by atoms with Gasteiger partial charge in [-0.3, -0.25) is 4.79 Å². The molecule has 0 N–H and O–H groups in total. The Morgan fingerprint density at radius 1 is 0.821 bits per heavy atom. The van der Waals surface area contributed by atoms with Crippen LogP contribution in [0.3, 0.4) is 0 Å². The van der Waals surface area contributed by atoms with Crippen molar-refractivity contribution >= 4 is 29.1 Å². The van der Waals surface area contributed by atoms with Crippen LogP contribution >= 0.6 is 23.2 Å². The Balaban J connectivity index is 1.41. The summed E-state index contributed by atoms with van der Waals surface area (Å²) in [6, 6.07) is 34.1. The maximum atomic E-state index is 14.0. The lowest BCUT2D eigenvalue weighted by Gasteiger charge is -2.26. The molecule has 1 amide bonds. The molecule has 5 aromatic rings. The lowest BCUT2D eigenvalue weighted by molar-refractivity contribution is 0.0725. The summed E-state index contributed by atoms with van der Waals surface area (Å²) in [6.07, 6.45) is 3.76.